The van der Waals surface area contributed by atoms with Gasteiger partial charge >= 0.3 is 0 Å². The van der Waals surface area contributed by atoms with Gasteiger partial charge in [0, 0.05) is 24.0 Å². The van der Waals surface area contributed by atoms with E-state index in [2.05, 4.69) is 10.3 Å². The van der Waals surface area contributed by atoms with Gasteiger partial charge in [-0.1, -0.05) is 0 Å². The maximum Gasteiger partial charge on any atom is 0.123 e. The van der Waals surface area contributed by atoms with Gasteiger partial charge in [-0.15, -0.1) is 0 Å². The van der Waals surface area contributed by atoms with E-state index in [-0.39, 0.29) is 5.82 Å². The number of nitrogens with zero attached hydrogens (tertiary/aromatic N) is 1. The van der Waals surface area contributed by atoms with Crippen LogP contribution in [0.4, 0.5) is 10.1 Å². The van der Waals surface area contributed by atoms with E-state index in [0.717, 1.165) is 29.1 Å². The molecule has 0 amide bonds. The van der Waals surface area contributed by atoms with Gasteiger partial charge in [-0.3, -0.25) is 4.98 Å². The Morgan fingerprint density at radius 3 is 2.76 bits per heavy atom. The van der Waals surface area contributed by atoms with Crippen LogP contribution in [-0.4, -0.2) is 11.5 Å². The minimum absolute atomic E-state index is 0.214. The molecule has 17 heavy (non-hydrogen) atoms. The third-order valence-electron chi connectivity index (χ3n) is 2.61. The molecule has 0 atom stereocenters. The van der Waals surface area contributed by atoms with E-state index in [4.69, 9.17) is 0 Å². The molecule has 0 aliphatic carbocycles. The molecule has 2 nitrogen and oxygen atoms in total. The quantitative estimate of drug-likeness (QED) is 0.871. The van der Waals surface area contributed by atoms with Crippen molar-refractivity contribution in [1.82, 2.24) is 4.98 Å². The number of pyridine rings is 1. The minimum atomic E-state index is -0.214. The Labute approximate surface area is 101 Å². The average Bonchev–Trinajstić information content (AvgIpc) is 2.29. The molecule has 1 heterocycles. The van der Waals surface area contributed by atoms with Gasteiger partial charge in [0.15, 0.2) is 0 Å². The zero-order valence-electron chi connectivity index (χ0n) is 10.00. The maximum absolute atomic E-state index is 13.0. The van der Waals surface area contributed by atoms with Gasteiger partial charge in [-0.05, 0) is 49.7 Å². The molecule has 0 fully saturated rings. The van der Waals surface area contributed by atoms with Gasteiger partial charge in [0.1, 0.15) is 5.82 Å². The third-order valence-corrected chi connectivity index (χ3v) is 2.61. The van der Waals surface area contributed by atoms with Crippen molar-refractivity contribution in [2.45, 2.75) is 13.8 Å². The van der Waals surface area contributed by atoms with Crippen LogP contribution < -0.4 is 5.32 Å². The first-order valence-electron chi connectivity index (χ1n) is 5.67. The molecule has 1 aromatic heterocycles. The molecular formula is C14H15FN2. The molecular weight excluding hydrogens is 215 g/mol. The number of benzene rings is 1. The van der Waals surface area contributed by atoms with Crippen molar-refractivity contribution < 1.29 is 4.39 Å². The van der Waals surface area contributed by atoms with E-state index in [1.807, 2.05) is 26.0 Å². The molecule has 0 aliphatic heterocycles. The summed E-state index contributed by atoms with van der Waals surface area (Å²) in [7, 11) is 0. The van der Waals surface area contributed by atoms with Gasteiger partial charge in [0.05, 0.1) is 5.69 Å². The normalized spacial score (nSPS) is 10.3. The van der Waals surface area contributed by atoms with Crippen LogP contribution in [0.15, 0.2) is 36.5 Å². The SMILES string of the molecule is CCNc1ccnc(-c2ccc(F)cc2C)c1. The van der Waals surface area contributed by atoms with Crippen molar-refractivity contribution >= 4 is 5.69 Å². The van der Waals surface area contributed by atoms with E-state index < -0.39 is 0 Å². The fourth-order valence-electron chi connectivity index (χ4n) is 1.81. The van der Waals surface area contributed by atoms with E-state index in [9.17, 15) is 4.39 Å². The number of halogens is 1. The smallest absolute Gasteiger partial charge is 0.123 e. The Morgan fingerprint density at radius 1 is 1.24 bits per heavy atom. The van der Waals surface area contributed by atoms with Gasteiger partial charge in [0.2, 0.25) is 0 Å². The molecule has 3 heteroatoms. The van der Waals surface area contributed by atoms with Crippen molar-refractivity contribution in [1.29, 1.82) is 0 Å². The number of anilines is 1. The Morgan fingerprint density at radius 2 is 2.06 bits per heavy atom. The van der Waals surface area contributed by atoms with Crippen LogP contribution in [-0.2, 0) is 0 Å². The van der Waals surface area contributed by atoms with Crippen molar-refractivity contribution in [2.75, 3.05) is 11.9 Å². The summed E-state index contributed by atoms with van der Waals surface area (Å²) < 4.78 is 13.0. The molecule has 0 aliphatic rings. The van der Waals surface area contributed by atoms with Crippen LogP contribution >= 0.6 is 0 Å². The molecule has 2 rings (SSSR count). The van der Waals surface area contributed by atoms with Crippen LogP contribution in [0.1, 0.15) is 12.5 Å². The number of rotatable bonds is 3. The van der Waals surface area contributed by atoms with Crippen LogP contribution in [0, 0.1) is 12.7 Å². The van der Waals surface area contributed by atoms with Crippen molar-refractivity contribution in [3.05, 3.63) is 47.9 Å². The summed E-state index contributed by atoms with van der Waals surface area (Å²) in [5.74, 6) is -0.214. The minimum Gasteiger partial charge on any atom is -0.385 e. The fourth-order valence-corrected chi connectivity index (χ4v) is 1.81. The van der Waals surface area contributed by atoms with Crippen LogP contribution in [0.25, 0.3) is 11.3 Å². The van der Waals surface area contributed by atoms with Crippen molar-refractivity contribution in [2.24, 2.45) is 0 Å². The molecule has 88 valence electrons. The highest BCUT2D eigenvalue weighted by Crippen LogP contribution is 2.24. The summed E-state index contributed by atoms with van der Waals surface area (Å²) in [5, 5.41) is 3.23. The van der Waals surface area contributed by atoms with Gasteiger partial charge in [0.25, 0.3) is 0 Å². The standard InChI is InChI=1S/C14H15FN2/c1-3-16-12-6-7-17-14(9-12)13-5-4-11(15)8-10(13)2/h4-9H,3H2,1-2H3,(H,16,17). The highest BCUT2D eigenvalue weighted by molar-refractivity contribution is 5.67. The second-order valence-electron chi connectivity index (χ2n) is 3.92. The molecule has 1 aromatic carbocycles. The molecule has 0 radical (unpaired) electrons. The lowest BCUT2D eigenvalue weighted by atomic mass is 10.0. The van der Waals surface area contributed by atoms with Crippen LogP contribution in [0.2, 0.25) is 0 Å². The summed E-state index contributed by atoms with van der Waals surface area (Å²) in [5.41, 5.74) is 3.75. The molecule has 0 bridgehead atoms. The summed E-state index contributed by atoms with van der Waals surface area (Å²) in [6, 6.07) is 8.65. The Bertz CT molecular complexity index is 523. The first kappa shape index (κ1) is 11.6. The number of hydrogen-bond acceptors (Lipinski definition) is 2. The summed E-state index contributed by atoms with van der Waals surface area (Å²) >= 11 is 0. The maximum atomic E-state index is 13.0. The number of hydrogen-bond donors (Lipinski definition) is 1. The van der Waals surface area contributed by atoms with Crippen LogP contribution in [0.5, 0.6) is 0 Å². The van der Waals surface area contributed by atoms with Gasteiger partial charge < -0.3 is 5.32 Å². The predicted octanol–water partition coefficient (Wildman–Crippen LogP) is 3.63. The van der Waals surface area contributed by atoms with E-state index in [1.54, 1.807) is 12.3 Å². The molecule has 1 N–H and O–H groups in total. The summed E-state index contributed by atoms with van der Waals surface area (Å²) in [6.07, 6.45) is 1.76. The lowest BCUT2D eigenvalue weighted by Gasteiger charge is -2.08. The average molecular weight is 230 g/mol. The molecule has 0 saturated heterocycles. The number of nitrogens with one attached hydrogen (secondary N) is 1. The second-order valence-corrected chi connectivity index (χ2v) is 3.92. The first-order chi connectivity index (χ1) is 8.20. The van der Waals surface area contributed by atoms with E-state index in [0.29, 0.717) is 0 Å². The second kappa shape index (κ2) is 4.95. The Balaban J connectivity index is 2.42. The largest absolute Gasteiger partial charge is 0.385 e. The number of aromatic nitrogens is 1. The molecule has 0 unspecified atom stereocenters. The molecule has 0 spiro atoms. The molecule has 0 saturated carbocycles. The topological polar surface area (TPSA) is 24.9 Å². The third kappa shape index (κ3) is 2.61. The summed E-state index contributed by atoms with van der Waals surface area (Å²) in [4.78, 5) is 4.32. The lowest BCUT2D eigenvalue weighted by molar-refractivity contribution is 0.627. The first-order valence-corrected chi connectivity index (χ1v) is 5.67. The zero-order chi connectivity index (χ0) is 12.3. The fraction of sp³-hybridized carbons (Fsp3) is 0.214. The Hall–Kier alpha value is -1.90. The lowest BCUT2D eigenvalue weighted by Crippen LogP contribution is -1.97. The highest BCUT2D eigenvalue weighted by Gasteiger charge is 2.05. The van der Waals surface area contributed by atoms with Crippen molar-refractivity contribution in [3.8, 4) is 11.3 Å². The van der Waals surface area contributed by atoms with Gasteiger partial charge in [-0.25, -0.2) is 4.39 Å². The molecule has 2 aromatic rings. The monoisotopic (exact) mass is 230 g/mol. The Kier molecular flexibility index (Phi) is 3.38. The number of aryl methyl sites for hydroxylation is 1. The van der Waals surface area contributed by atoms with Crippen molar-refractivity contribution in [3.63, 3.8) is 0 Å². The predicted molar refractivity (Wildman–Crippen MR) is 68.5 cm³/mol. The van der Waals surface area contributed by atoms with Gasteiger partial charge in [-0.2, -0.15) is 0 Å². The summed E-state index contributed by atoms with van der Waals surface area (Å²) in [6.45, 7) is 4.80. The van der Waals surface area contributed by atoms with E-state index in [1.165, 1.54) is 12.1 Å². The van der Waals surface area contributed by atoms with Crippen LogP contribution in [0.3, 0.4) is 0 Å². The highest BCUT2D eigenvalue weighted by atomic mass is 19.1. The van der Waals surface area contributed by atoms with E-state index >= 15 is 0 Å². The zero-order valence-corrected chi connectivity index (χ0v) is 10.00.